The molecule has 14 heavy (non-hydrogen) atoms. The van der Waals surface area contributed by atoms with Gasteiger partial charge in [0.15, 0.2) is 5.82 Å². The lowest BCUT2D eigenvalue weighted by Crippen LogP contribution is -1.91. The van der Waals surface area contributed by atoms with Crippen LogP contribution < -0.4 is 5.73 Å². The Hall–Kier alpha value is -1.20. The molecule has 2 rings (SSSR count). The highest BCUT2D eigenvalue weighted by molar-refractivity contribution is 6.99. The van der Waals surface area contributed by atoms with Crippen molar-refractivity contribution in [3.05, 3.63) is 29.0 Å². The lowest BCUT2D eigenvalue weighted by molar-refractivity contribution is 0.631. The zero-order valence-corrected chi connectivity index (χ0v) is 8.44. The first-order chi connectivity index (χ1) is 6.68. The lowest BCUT2D eigenvalue weighted by atomic mass is 10.1. The van der Waals surface area contributed by atoms with Crippen LogP contribution in [-0.2, 0) is 0 Å². The van der Waals surface area contributed by atoms with Crippen molar-refractivity contribution in [3.63, 3.8) is 0 Å². The highest BCUT2D eigenvalue weighted by Crippen LogP contribution is 2.28. The first-order valence-electron chi connectivity index (χ1n) is 3.72. The van der Waals surface area contributed by atoms with Crippen molar-refractivity contribution >= 4 is 29.1 Å². The van der Waals surface area contributed by atoms with Gasteiger partial charge in [0.2, 0.25) is 0 Å². The molecule has 1 aromatic heterocycles. The number of nitrogen functional groups attached to an aromatic ring is 1. The lowest BCUT2D eigenvalue weighted by Gasteiger charge is -2.00. The summed E-state index contributed by atoms with van der Waals surface area (Å²) in [5.41, 5.74) is 6.14. The summed E-state index contributed by atoms with van der Waals surface area (Å²) in [5.74, 6) is -0.190. The molecule has 0 radical (unpaired) electrons. The molecular formula is C8H5ClFN3S. The zero-order chi connectivity index (χ0) is 10.1. The summed E-state index contributed by atoms with van der Waals surface area (Å²) in [6.07, 6.45) is 0. The predicted molar refractivity (Wildman–Crippen MR) is 54.7 cm³/mol. The molecule has 0 unspecified atom stereocenters. The standard InChI is InChI=1S/C8H5ClFN3S/c9-4-1-2-6(10)5(3-4)7-8(11)13-14-12-7/h1-3H,(H2,11,13). The molecule has 0 spiro atoms. The third-order valence-corrected chi connectivity index (χ3v) is 2.48. The van der Waals surface area contributed by atoms with Gasteiger partial charge >= 0.3 is 0 Å². The van der Waals surface area contributed by atoms with Crippen LogP contribution in [0.25, 0.3) is 11.3 Å². The Morgan fingerprint density at radius 1 is 1.36 bits per heavy atom. The molecule has 0 fully saturated rings. The molecular weight excluding hydrogens is 225 g/mol. The van der Waals surface area contributed by atoms with Gasteiger partial charge in [-0.25, -0.2) is 4.39 Å². The van der Waals surface area contributed by atoms with Crippen LogP contribution >= 0.6 is 23.3 Å². The smallest absolute Gasteiger partial charge is 0.165 e. The molecule has 1 heterocycles. The highest BCUT2D eigenvalue weighted by atomic mass is 35.5. The number of nitrogens with two attached hydrogens (primary N) is 1. The fraction of sp³-hybridized carbons (Fsp3) is 0. The van der Waals surface area contributed by atoms with Crippen LogP contribution in [0.3, 0.4) is 0 Å². The number of halogens is 2. The third-order valence-electron chi connectivity index (χ3n) is 1.70. The normalized spacial score (nSPS) is 10.4. The maximum absolute atomic E-state index is 13.3. The molecule has 1 aromatic carbocycles. The number of nitrogens with zero attached hydrogens (tertiary/aromatic N) is 2. The Kier molecular flexibility index (Phi) is 2.35. The topological polar surface area (TPSA) is 51.8 Å². The molecule has 0 aliphatic carbocycles. The number of anilines is 1. The molecule has 0 amide bonds. The Labute approximate surface area is 88.7 Å². The van der Waals surface area contributed by atoms with Gasteiger partial charge in [0.05, 0.1) is 11.7 Å². The van der Waals surface area contributed by atoms with E-state index in [1.54, 1.807) is 0 Å². The van der Waals surface area contributed by atoms with Gasteiger partial charge in [0.1, 0.15) is 11.5 Å². The van der Waals surface area contributed by atoms with E-state index >= 15 is 0 Å². The first kappa shape index (κ1) is 9.36. The summed E-state index contributed by atoms with van der Waals surface area (Å²) in [5, 5.41) is 0.439. The minimum atomic E-state index is -0.409. The minimum absolute atomic E-state index is 0.219. The fourth-order valence-electron chi connectivity index (χ4n) is 1.06. The molecule has 0 bridgehead atoms. The quantitative estimate of drug-likeness (QED) is 0.818. The molecule has 0 atom stereocenters. The van der Waals surface area contributed by atoms with Gasteiger partial charge in [-0.1, -0.05) is 11.6 Å². The van der Waals surface area contributed by atoms with Crippen LogP contribution in [0, 0.1) is 5.82 Å². The summed E-state index contributed by atoms with van der Waals surface area (Å²) < 4.78 is 21.0. The van der Waals surface area contributed by atoms with E-state index in [4.69, 9.17) is 17.3 Å². The highest BCUT2D eigenvalue weighted by Gasteiger charge is 2.12. The van der Waals surface area contributed by atoms with E-state index in [2.05, 4.69) is 8.75 Å². The van der Waals surface area contributed by atoms with Crippen molar-refractivity contribution in [2.24, 2.45) is 0 Å². The molecule has 0 aliphatic rings. The third kappa shape index (κ3) is 1.56. The summed E-state index contributed by atoms with van der Waals surface area (Å²) in [7, 11) is 0. The summed E-state index contributed by atoms with van der Waals surface area (Å²) in [4.78, 5) is 0. The Morgan fingerprint density at radius 3 is 2.79 bits per heavy atom. The zero-order valence-electron chi connectivity index (χ0n) is 6.87. The van der Waals surface area contributed by atoms with Gasteiger partial charge in [-0.05, 0) is 18.2 Å². The van der Waals surface area contributed by atoms with E-state index in [0.29, 0.717) is 10.7 Å². The van der Waals surface area contributed by atoms with Crippen molar-refractivity contribution in [1.29, 1.82) is 0 Å². The fourth-order valence-corrected chi connectivity index (χ4v) is 1.72. The van der Waals surface area contributed by atoms with Crippen LogP contribution in [0.5, 0.6) is 0 Å². The average molecular weight is 230 g/mol. The van der Waals surface area contributed by atoms with E-state index < -0.39 is 5.82 Å². The molecule has 0 aliphatic heterocycles. The number of rotatable bonds is 1. The molecule has 2 aromatic rings. The predicted octanol–water partition coefficient (Wildman–Crippen LogP) is 2.58. The van der Waals surface area contributed by atoms with Crippen molar-refractivity contribution in [1.82, 2.24) is 8.75 Å². The molecule has 6 heteroatoms. The molecule has 2 N–H and O–H groups in total. The van der Waals surface area contributed by atoms with Crippen molar-refractivity contribution < 1.29 is 4.39 Å². The largest absolute Gasteiger partial charge is 0.381 e. The van der Waals surface area contributed by atoms with Gasteiger partial charge in [0.25, 0.3) is 0 Å². The summed E-state index contributed by atoms with van der Waals surface area (Å²) >= 11 is 6.67. The van der Waals surface area contributed by atoms with E-state index in [9.17, 15) is 4.39 Å². The van der Waals surface area contributed by atoms with Gasteiger partial charge in [-0.2, -0.15) is 8.75 Å². The summed E-state index contributed by atoms with van der Waals surface area (Å²) in [6, 6.07) is 4.22. The second-order valence-corrected chi connectivity index (χ2v) is 3.59. The summed E-state index contributed by atoms with van der Waals surface area (Å²) in [6.45, 7) is 0. The van der Waals surface area contributed by atoms with Crippen molar-refractivity contribution in [2.75, 3.05) is 5.73 Å². The van der Waals surface area contributed by atoms with Crippen LogP contribution in [0.2, 0.25) is 5.02 Å². The second-order valence-electron chi connectivity index (χ2n) is 2.62. The Bertz CT molecular complexity index is 471. The van der Waals surface area contributed by atoms with Crippen molar-refractivity contribution in [3.8, 4) is 11.3 Å². The Morgan fingerprint density at radius 2 is 2.14 bits per heavy atom. The van der Waals surface area contributed by atoms with E-state index in [1.807, 2.05) is 0 Å². The van der Waals surface area contributed by atoms with E-state index in [-0.39, 0.29) is 11.4 Å². The number of benzene rings is 1. The minimum Gasteiger partial charge on any atom is -0.381 e. The molecule has 72 valence electrons. The number of hydrogen-bond acceptors (Lipinski definition) is 4. The van der Waals surface area contributed by atoms with Crippen LogP contribution in [0.15, 0.2) is 18.2 Å². The van der Waals surface area contributed by atoms with Gasteiger partial charge in [-0.3, -0.25) is 0 Å². The van der Waals surface area contributed by atoms with Crippen molar-refractivity contribution in [2.45, 2.75) is 0 Å². The monoisotopic (exact) mass is 229 g/mol. The van der Waals surface area contributed by atoms with E-state index in [1.165, 1.54) is 18.2 Å². The van der Waals surface area contributed by atoms with Gasteiger partial charge in [-0.15, -0.1) is 0 Å². The molecule has 3 nitrogen and oxygen atoms in total. The number of hydrogen-bond donors (Lipinski definition) is 1. The maximum Gasteiger partial charge on any atom is 0.165 e. The molecule has 0 saturated carbocycles. The van der Waals surface area contributed by atoms with Gasteiger partial charge in [0, 0.05) is 10.6 Å². The van der Waals surface area contributed by atoms with Gasteiger partial charge < -0.3 is 5.73 Å². The Balaban J connectivity index is 2.62. The van der Waals surface area contributed by atoms with E-state index in [0.717, 1.165) is 11.7 Å². The second kappa shape index (κ2) is 3.51. The average Bonchev–Trinajstić information content (AvgIpc) is 2.56. The van der Waals surface area contributed by atoms with Crippen LogP contribution in [0.1, 0.15) is 0 Å². The van der Waals surface area contributed by atoms with Crippen LogP contribution in [-0.4, -0.2) is 8.75 Å². The number of aromatic nitrogens is 2. The maximum atomic E-state index is 13.3. The van der Waals surface area contributed by atoms with Crippen LogP contribution in [0.4, 0.5) is 10.2 Å². The molecule has 0 saturated heterocycles. The first-order valence-corrected chi connectivity index (χ1v) is 4.83. The SMILES string of the molecule is Nc1nsnc1-c1cc(Cl)ccc1F.